The van der Waals surface area contributed by atoms with Crippen molar-refractivity contribution in [2.75, 3.05) is 33.3 Å². The Balaban J connectivity index is 1.76. The number of amides is 2. The van der Waals surface area contributed by atoms with Crippen LogP contribution in [0.15, 0.2) is 52.9 Å². The first-order valence-electron chi connectivity index (χ1n) is 12.0. The van der Waals surface area contributed by atoms with E-state index in [1.807, 2.05) is 43.3 Å². The van der Waals surface area contributed by atoms with Crippen molar-refractivity contribution in [2.45, 2.75) is 32.4 Å². The second kappa shape index (κ2) is 11.3. The first kappa shape index (κ1) is 25.9. The van der Waals surface area contributed by atoms with E-state index in [1.165, 1.54) is 21.3 Å². The molecule has 2 atom stereocenters. The topological polar surface area (TPSA) is 99.5 Å². The van der Waals surface area contributed by atoms with E-state index in [2.05, 4.69) is 5.32 Å². The molecule has 9 heteroatoms. The number of piperidine rings is 1. The quantitative estimate of drug-likeness (QED) is 0.457. The maximum atomic E-state index is 13.5. The molecule has 1 aliphatic heterocycles. The predicted octanol–water partition coefficient (Wildman–Crippen LogP) is 4.42. The summed E-state index contributed by atoms with van der Waals surface area (Å²) in [6.07, 6.45) is 0.612. The van der Waals surface area contributed by atoms with E-state index in [0.29, 0.717) is 40.9 Å². The predicted molar refractivity (Wildman–Crippen MR) is 137 cm³/mol. The van der Waals surface area contributed by atoms with Crippen molar-refractivity contribution in [3.8, 4) is 23.0 Å². The first-order valence-corrected chi connectivity index (χ1v) is 12.0. The van der Waals surface area contributed by atoms with E-state index in [0.717, 1.165) is 11.3 Å². The standard InChI is InChI=1S/C28H32N2O7/c1-17-6-9-21(37-17)16-29-28(32)22-12-13-25(31)30(26(22)18-7-10-20(33-2)11-8-18)19-14-23(34-3)27(36-5)24(15-19)35-4/h6-11,14-15,22,26H,12-13,16H2,1-5H3,(H,29,32)/t22-,26+/m1/s1. The molecule has 0 bridgehead atoms. The minimum atomic E-state index is -0.576. The van der Waals surface area contributed by atoms with Gasteiger partial charge in [0.25, 0.3) is 0 Å². The Hall–Kier alpha value is -4.14. The van der Waals surface area contributed by atoms with Gasteiger partial charge in [0.05, 0.1) is 52.6 Å². The molecule has 1 aromatic heterocycles. The highest BCUT2D eigenvalue weighted by molar-refractivity contribution is 5.98. The number of hydrogen-bond donors (Lipinski definition) is 1. The van der Waals surface area contributed by atoms with E-state index in [4.69, 9.17) is 23.4 Å². The molecule has 0 unspecified atom stereocenters. The van der Waals surface area contributed by atoms with Gasteiger partial charge in [-0.2, -0.15) is 0 Å². The van der Waals surface area contributed by atoms with Gasteiger partial charge in [-0.3, -0.25) is 9.59 Å². The lowest BCUT2D eigenvalue weighted by atomic mass is 9.83. The number of anilines is 1. The summed E-state index contributed by atoms with van der Waals surface area (Å²) in [6.45, 7) is 2.11. The molecule has 1 fully saturated rings. The van der Waals surface area contributed by atoms with E-state index in [-0.39, 0.29) is 24.8 Å². The van der Waals surface area contributed by atoms with Crippen LogP contribution in [0.25, 0.3) is 0 Å². The molecule has 2 amide bonds. The number of nitrogens with zero attached hydrogens (tertiary/aromatic N) is 1. The minimum absolute atomic E-state index is 0.110. The Kier molecular flexibility index (Phi) is 7.91. The summed E-state index contributed by atoms with van der Waals surface area (Å²) < 4.78 is 27.4. The van der Waals surface area contributed by atoms with Gasteiger partial charge in [0.1, 0.15) is 17.3 Å². The number of methoxy groups -OCH3 is 4. The van der Waals surface area contributed by atoms with Gasteiger partial charge in [0.2, 0.25) is 17.6 Å². The average Bonchev–Trinajstić information content (AvgIpc) is 3.35. The molecule has 37 heavy (non-hydrogen) atoms. The second-order valence-electron chi connectivity index (χ2n) is 8.74. The van der Waals surface area contributed by atoms with Crippen LogP contribution >= 0.6 is 0 Å². The Morgan fingerprint density at radius 2 is 1.65 bits per heavy atom. The lowest BCUT2D eigenvalue weighted by Gasteiger charge is -2.41. The largest absolute Gasteiger partial charge is 0.497 e. The maximum Gasteiger partial charge on any atom is 0.227 e. The minimum Gasteiger partial charge on any atom is -0.497 e. The van der Waals surface area contributed by atoms with Crippen molar-refractivity contribution in [3.63, 3.8) is 0 Å². The van der Waals surface area contributed by atoms with Gasteiger partial charge in [-0.15, -0.1) is 0 Å². The maximum absolute atomic E-state index is 13.5. The van der Waals surface area contributed by atoms with Gasteiger partial charge >= 0.3 is 0 Å². The summed E-state index contributed by atoms with van der Waals surface area (Å²) in [4.78, 5) is 28.6. The fourth-order valence-electron chi connectivity index (χ4n) is 4.75. The Morgan fingerprint density at radius 1 is 0.973 bits per heavy atom. The normalized spacial score (nSPS) is 17.3. The van der Waals surface area contributed by atoms with Crippen molar-refractivity contribution in [2.24, 2.45) is 5.92 Å². The molecule has 1 aliphatic rings. The van der Waals surface area contributed by atoms with E-state index in [1.54, 1.807) is 24.1 Å². The zero-order valence-electron chi connectivity index (χ0n) is 21.7. The Labute approximate surface area is 216 Å². The summed E-state index contributed by atoms with van der Waals surface area (Å²) in [5.41, 5.74) is 1.34. The molecule has 9 nitrogen and oxygen atoms in total. The van der Waals surface area contributed by atoms with Crippen LogP contribution in [0, 0.1) is 12.8 Å². The van der Waals surface area contributed by atoms with Crippen LogP contribution in [-0.4, -0.2) is 40.3 Å². The van der Waals surface area contributed by atoms with Crippen LogP contribution in [0.5, 0.6) is 23.0 Å². The summed E-state index contributed by atoms with van der Waals surface area (Å²) in [5.74, 6) is 2.58. The summed E-state index contributed by atoms with van der Waals surface area (Å²) in [7, 11) is 6.15. The fraction of sp³-hybridized carbons (Fsp3) is 0.357. The van der Waals surface area contributed by atoms with Crippen LogP contribution in [-0.2, 0) is 16.1 Å². The second-order valence-corrected chi connectivity index (χ2v) is 8.74. The van der Waals surface area contributed by atoms with Gasteiger partial charge in [-0.25, -0.2) is 0 Å². The number of aryl methyl sites for hydroxylation is 1. The Morgan fingerprint density at radius 3 is 2.19 bits per heavy atom. The third-order valence-electron chi connectivity index (χ3n) is 6.55. The lowest BCUT2D eigenvalue weighted by Crippen LogP contribution is -2.48. The number of carbonyl (C=O) groups is 2. The summed E-state index contributed by atoms with van der Waals surface area (Å²) in [6, 6.07) is 14.0. The molecule has 3 aromatic rings. The molecule has 0 radical (unpaired) electrons. The van der Waals surface area contributed by atoms with E-state index in [9.17, 15) is 9.59 Å². The monoisotopic (exact) mass is 508 g/mol. The molecule has 0 aliphatic carbocycles. The summed E-state index contributed by atoms with van der Waals surface area (Å²) in [5, 5.41) is 2.99. The van der Waals surface area contributed by atoms with Gasteiger partial charge in [-0.05, 0) is 43.2 Å². The van der Waals surface area contributed by atoms with Crippen LogP contribution in [0.4, 0.5) is 5.69 Å². The van der Waals surface area contributed by atoms with Crippen molar-refractivity contribution in [3.05, 3.63) is 65.6 Å². The molecule has 2 aromatic carbocycles. The third kappa shape index (κ3) is 5.35. The van der Waals surface area contributed by atoms with E-state index >= 15 is 0 Å². The third-order valence-corrected chi connectivity index (χ3v) is 6.55. The molecule has 0 spiro atoms. The van der Waals surface area contributed by atoms with Crippen LogP contribution in [0.2, 0.25) is 0 Å². The molecule has 1 N–H and O–H groups in total. The number of ether oxygens (including phenoxy) is 4. The number of furan rings is 1. The fourth-order valence-corrected chi connectivity index (χ4v) is 4.75. The highest BCUT2D eigenvalue weighted by Crippen LogP contribution is 2.46. The first-order chi connectivity index (χ1) is 17.9. The van der Waals surface area contributed by atoms with Crippen LogP contribution in [0.1, 0.15) is 36.0 Å². The number of hydrogen-bond acceptors (Lipinski definition) is 7. The van der Waals surface area contributed by atoms with Crippen LogP contribution < -0.4 is 29.2 Å². The highest BCUT2D eigenvalue weighted by atomic mass is 16.5. The molecule has 2 heterocycles. The zero-order valence-corrected chi connectivity index (χ0v) is 21.7. The lowest BCUT2D eigenvalue weighted by molar-refractivity contribution is -0.129. The summed E-state index contributed by atoms with van der Waals surface area (Å²) >= 11 is 0. The highest BCUT2D eigenvalue weighted by Gasteiger charge is 2.42. The smallest absolute Gasteiger partial charge is 0.227 e. The molecule has 1 saturated heterocycles. The molecule has 196 valence electrons. The number of nitrogens with one attached hydrogen (secondary N) is 1. The molecule has 4 rings (SSSR count). The number of benzene rings is 2. The van der Waals surface area contributed by atoms with Crippen molar-refractivity contribution in [1.82, 2.24) is 5.32 Å². The van der Waals surface area contributed by atoms with Gasteiger partial charge in [0.15, 0.2) is 11.5 Å². The van der Waals surface area contributed by atoms with Crippen LogP contribution in [0.3, 0.4) is 0 Å². The van der Waals surface area contributed by atoms with Gasteiger partial charge < -0.3 is 33.6 Å². The average molecular weight is 509 g/mol. The number of rotatable bonds is 9. The molecular weight excluding hydrogens is 476 g/mol. The Bertz CT molecular complexity index is 1230. The number of carbonyl (C=O) groups excluding carboxylic acids is 2. The SMILES string of the molecule is COc1ccc([C@H]2[C@H](C(=O)NCc3ccc(C)o3)CCC(=O)N2c2cc(OC)c(OC)c(OC)c2)cc1. The molecular formula is C28H32N2O7. The van der Waals surface area contributed by atoms with Gasteiger partial charge in [0, 0.05) is 18.6 Å². The zero-order chi connectivity index (χ0) is 26.5. The van der Waals surface area contributed by atoms with Crippen molar-refractivity contribution < 1.29 is 33.0 Å². The van der Waals surface area contributed by atoms with Gasteiger partial charge in [-0.1, -0.05) is 12.1 Å². The molecule has 0 saturated carbocycles. The van der Waals surface area contributed by atoms with E-state index < -0.39 is 12.0 Å². The van der Waals surface area contributed by atoms with Crippen molar-refractivity contribution in [1.29, 1.82) is 0 Å². The van der Waals surface area contributed by atoms with Crippen molar-refractivity contribution >= 4 is 17.5 Å².